The monoisotopic (exact) mass is 421 g/mol. The Hall–Kier alpha value is -3.28. The van der Waals surface area contributed by atoms with Crippen LogP contribution in [0.1, 0.15) is 49.8 Å². The molecule has 0 bridgehead atoms. The molecule has 6 heteroatoms. The molecule has 0 radical (unpaired) electrons. The second-order valence-corrected chi connectivity index (χ2v) is 7.88. The Morgan fingerprint density at radius 3 is 2.42 bits per heavy atom. The summed E-state index contributed by atoms with van der Waals surface area (Å²) < 4.78 is 10.8. The third-order valence-electron chi connectivity index (χ3n) is 6.05. The number of likely N-dealkylation sites (tertiary alicyclic amines) is 1. The standard InChI is InChI=1S/C25H27NO5/c1-3-31-20-10-6-7-17(15-20)22-21(23(27)16-11-13-19(30-2)14-12-16)24(28)25(29)26(22)18-8-4-5-9-18/h6-7,10-15,18,22,27H,3-5,8-9H2,1-2H3/b23-21-. The van der Waals surface area contributed by atoms with Crippen LogP contribution in [0.2, 0.25) is 0 Å². The number of ether oxygens (including phenoxy) is 2. The van der Waals surface area contributed by atoms with E-state index in [4.69, 9.17) is 9.47 Å². The first-order valence-electron chi connectivity index (χ1n) is 10.7. The van der Waals surface area contributed by atoms with E-state index in [0.717, 1.165) is 31.2 Å². The lowest BCUT2D eigenvalue weighted by Gasteiger charge is -2.31. The fraction of sp³-hybridized carbons (Fsp3) is 0.360. The molecule has 1 saturated carbocycles. The highest BCUT2D eigenvalue weighted by Gasteiger charge is 2.49. The van der Waals surface area contributed by atoms with Crippen molar-refractivity contribution in [1.82, 2.24) is 4.90 Å². The number of carbonyl (C=O) groups excluding carboxylic acids is 2. The summed E-state index contributed by atoms with van der Waals surface area (Å²) in [5, 5.41) is 11.1. The first-order valence-corrected chi connectivity index (χ1v) is 10.7. The number of methoxy groups -OCH3 is 1. The van der Waals surface area contributed by atoms with Crippen molar-refractivity contribution in [1.29, 1.82) is 0 Å². The van der Waals surface area contributed by atoms with Gasteiger partial charge in [-0.3, -0.25) is 9.59 Å². The maximum absolute atomic E-state index is 13.1. The number of amides is 1. The predicted molar refractivity (Wildman–Crippen MR) is 117 cm³/mol. The van der Waals surface area contributed by atoms with Gasteiger partial charge in [-0.05, 0) is 61.7 Å². The van der Waals surface area contributed by atoms with E-state index in [2.05, 4.69) is 0 Å². The molecule has 162 valence electrons. The molecule has 1 aliphatic carbocycles. The lowest BCUT2D eigenvalue weighted by Crippen LogP contribution is -2.37. The van der Waals surface area contributed by atoms with E-state index in [1.165, 1.54) is 0 Å². The first-order chi connectivity index (χ1) is 15.0. The van der Waals surface area contributed by atoms with E-state index >= 15 is 0 Å². The molecule has 2 aromatic carbocycles. The van der Waals surface area contributed by atoms with Gasteiger partial charge < -0.3 is 19.5 Å². The highest BCUT2D eigenvalue weighted by Crippen LogP contribution is 2.44. The number of benzene rings is 2. The van der Waals surface area contributed by atoms with Crippen molar-refractivity contribution in [2.75, 3.05) is 13.7 Å². The number of Topliss-reactive ketones (excluding diaryl/α,β-unsaturated/α-hetero) is 1. The number of ketones is 1. The Balaban J connectivity index is 1.85. The molecule has 2 aromatic rings. The number of aliphatic hydroxyl groups excluding tert-OH is 1. The fourth-order valence-electron chi connectivity index (χ4n) is 4.58. The van der Waals surface area contributed by atoms with Gasteiger partial charge in [0.05, 0.1) is 25.3 Å². The van der Waals surface area contributed by atoms with Gasteiger partial charge >= 0.3 is 0 Å². The fourth-order valence-corrected chi connectivity index (χ4v) is 4.58. The number of carbonyl (C=O) groups is 2. The van der Waals surface area contributed by atoms with Crippen LogP contribution in [0.25, 0.3) is 5.76 Å². The van der Waals surface area contributed by atoms with Gasteiger partial charge in [0, 0.05) is 11.6 Å². The van der Waals surface area contributed by atoms with Crippen molar-refractivity contribution in [3.63, 3.8) is 0 Å². The zero-order valence-corrected chi connectivity index (χ0v) is 17.8. The topological polar surface area (TPSA) is 76.1 Å². The Labute approximate surface area is 182 Å². The van der Waals surface area contributed by atoms with Crippen LogP contribution >= 0.6 is 0 Å². The Kier molecular flexibility index (Phi) is 5.98. The molecule has 1 amide bonds. The molecule has 1 unspecified atom stereocenters. The van der Waals surface area contributed by atoms with Gasteiger partial charge in [-0.15, -0.1) is 0 Å². The van der Waals surface area contributed by atoms with Crippen LogP contribution in [0.5, 0.6) is 11.5 Å². The smallest absolute Gasteiger partial charge is 0.295 e. The van der Waals surface area contributed by atoms with Crippen LogP contribution in [0.15, 0.2) is 54.1 Å². The van der Waals surface area contributed by atoms with Crippen molar-refractivity contribution in [2.24, 2.45) is 0 Å². The zero-order chi connectivity index (χ0) is 22.0. The third kappa shape index (κ3) is 3.90. The van der Waals surface area contributed by atoms with Gasteiger partial charge in [0.25, 0.3) is 11.7 Å². The molecular formula is C25H27NO5. The van der Waals surface area contributed by atoms with Crippen molar-refractivity contribution >= 4 is 17.4 Å². The van der Waals surface area contributed by atoms with Gasteiger partial charge in [-0.2, -0.15) is 0 Å². The van der Waals surface area contributed by atoms with Gasteiger partial charge in [0.2, 0.25) is 0 Å². The maximum Gasteiger partial charge on any atom is 0.295 e. The summed E-state index contributed by atoms with van der Waals surface area (Å²) in [6.45, 7) is 2.42. The molecule has 1 atom stereocenters. The average molecular weight is 421 g/mol. The zero-order valence-electron chi connectivity index (χ0n) is 17.8. The van der Waals surface area contributed by atoms with Gasteiger partial charge in [0.1, 0.15) is 17.3 Å². The number of hydrogen-bond acceptors (Lipinski definition) is 5. The predicted octanol–water partition coefficient (Wildman–Crippen LogP) is 4.46. The molecular weight excluding hydrogens is 394 g/mol. The van der Waals surface area contributed by atoms with Crippen LogP contribution in [0, 0.1) is 0 Å². The van der Waals surface area contributed by atoms with Crippen LogP contribution in [0.3, 0.4) is 0 Å². The molecule has 4 rings (SSSR count). The average Bonchev–Trinajstić information content (AvgIpc) is 3.41. The Morgan fingerprint density at radius 2 is 1.77 bits per heavy atom. The SMILES string of the molecule is CCOc1cccc(C2/C(=C(/O)c3ccc(OC)cc3)C(=O)C(=O)N2C2CCCC2)c1. The second-order valence-electron chi connectivity index (χ2n) is 7.88. The van der Waals surface area contributed by atoms with Crippen LogP contribution < -0.4 is 9.47 Å². The number of nitrogens with zero attached hydrogens (tertiary/aromatic N) is 1. The van der Waals surface area contributed by atoms with E-state index in [1.807, 2.05) is 31.2 Å². The van der Waals surface area contributed by atoms with Crippen LogP contribution in [-0.2, 0) is 9.59 Å². The molecule has 0 spiro atoms. The van der Waals surface area contributed by atoms with E-state index in [0.29, 0.717) is 23.7 Å². The third-order valence-corrected chi connectivity index (χ3v) is 6.05. The summed E-state index contributed by atoms with van der Waals surface area (Å²) in [5.74, 6) is -0.0560. The van der Waals surface area contributed by atoms with E-state index in [9.17, 15) is 14.7 Å². The van der Waals surface area contributed by atoms with E-state index < -0.39 is 17.7 Å². The summed E-state index contributed by atoms with van der Waals surface area (Å²) in [7, 11) is 1.56. The highest BCUT2D eigenvalue weighted by molar-refractivity contribution is 6.46. The van der Waals surface area contributed by atoms with Crippen molar-refractivity contribution in [2.45, 2.75) is 44.7 Å². The van der Waals surface area contributed by atoms with Crippen LogP contribution in [-0.4, -0.2) is 41.5 Å². The van der Waals surface area contributed by atoms with Gasteiger partial charge in [-0.25, -0.2) is 0 Å². The summed E-state index contributed by atoms with van der Waals surface area (Å²) in [6, 6.07) is 13.6. The summed E-state index contributed by atoms with van der Waals surface area (Å²) in [4.78, 5) is 27.9. The molecule has 1 aliphatic heterocycles. The van der Waals surface area contributed by atoms with E-state index in [-0.39, 0.29) is 17.4 Å². The number of hydrogen-bond donors (Lipinski definition) is 1. The maximum atomic E-state index is 13.1. The number of rotatable bonds is 6. The highest BCUT2D eigenvalue weighted by atomic mass is 16.5. The summed E-state index contributed by atoms with van der Waals surface area (Å²) >= 11 is 0. The molecule has 2 aliphatic rings. The number of aliphatic hydroxyl groups is 1. The molecule has 6 nitrogen and oxygen atoms in total. The second kappa shape index (κ2) is 8.84. The quantitative estimate of drug-likeness (QED) is 0.423. The lowest BCUT2D eigenvalue weighted by atomic mass is 9.94. The molecule has 31 heavy (non-hydrogen) atoms. The van der Waals surface area contributed by atoms with E-state index in [1.54, 1.807) is 36.3 Å². The molecule has 2 fully saturated rings. The summed E-state index contributed by atoms with van der Waals surface area (Å²) in [5.41, 5.74) is 1.35. The largest absolute Gasteiger partial charge is 0.507 e. The molecule has 1 saturated heterocycles. The van der Waals surface area contributed by atoms with Crippen molar-refractivity contribution in [3.8, 4) is 11.5 Å². The first kappa shape index (κ1) is 21.0. The van der Waals surface area contributed by atoms with Crippen molar-refractivity contribution < 1.29 is 24.2 Å². The minimum atomic E-state index is -0.648. The molecule has 0 aromatic heterocycles. The van der Waals surface area contributed by atoms with Crippen LogP contribution in [0.4, 0.5) is 0 Å². The minimum absolute atomic E-state index is 0.0154. The molecule has 1 N–H and O–H groups in total. The Bertz CT molecular complexity index is 1000. The lowest BCUT2D eigenvalue weighted by molar-refractivity contribution is -0.141. The van der Waals surface area contributed by atoms with Gasteiger partial charge in [0.15, 0.2) is 0 Å². The Morgan fingerprint density at radius 1 is 1.06 bits per heavy atom. The minimum Gasteiger partial charge on any atom is -0.507 e. The normalized spacial score (nSPS) is 21.0. The summed E-state index contributed by atoms with van der Waals surface area (Å²) in [6.07, 6.45) is 3.77. The van der Waals surface area contributed by atoms with Crippen molar-refractivity contribution in [3.05, 3.63) is 65.2 Å². The van der Waals surface area contributed by atoms with Gasteiger partial charge in [-0.1, -0.05) is 25.0 Å². The molecule has 1 heterocycles.